The number of hydrogen-bond acceptors (Lipinski definition) is 4. The summed E-state index contributed by atoms with van der Waals surface area (Å²) < 4.78 is 0. The van der Waals surface area contributed by atoms with E-state index in [1.807, 2.05) is 5.38 Å². The summed E-state index contributed by atoms with van der Waals surface area (Å²) in [6.45, 7) is 2.96. The summed E-state index contributed by atoms with van der Waals surface area (Å²) in [6.07, 6.45) is 5.33. The van der Waals surface area contributed by atoms with Crippen LogP contribution in [-0.4, -0.2) is 11.0 Å². The first-order chi connectivity index (χ1) is 8.16. The molecule has 1 aromatic heterocycles. The zero-order valence-corrected chi connectivity index (χ0v) is 10.8. The number of nitrogens with one attached hydrogen (secondary N) is 1. The van der Waals surface area contributed by atoms with Gasteiger partial charge in [-0.25, -0.2) is 0 Å². The van der Waals surface area contributed by atoms with Crippen LogP contribution in [0.4, 0.5) is 5.00 Å². The molecule has 0 amide bonds. The summed E-state index contributed by atoms with van der Waals surface area (Å²) in [5, 5.41) is 16.1. The minimum Gasteiger partial charge on any atom is -0.310 e. The fraction of sp³-hybridized carbons (Fsp3) is 0.667. The molecule has 1 heterocycles. The molecular weight excluding hydrogens is 236 g/mol. The molecule has 0 unspecified atom stereocenters. The summed E-state index contributed by atoms with van der Waals surface area (Å²) in [5.41, 5.74) is 1.02. The Morgan fingerprint density at radius 2 is 2.29 bits per heavy atom. The lowest BCUT2D eigenvalue weighted by Crippen LogP contribution is -2.31. The predicted molar refractivity (Wildman–Crippen MR) is 69.2 cm³/mol. The van der Waals surface area contributed by atoms with E-state index in [2.05, 4.69) is 12.2 Å². The van der Waals surface area contributed by atoms with Crippen molar-refractivity contribution in [1.82, 2.24) is 5.32 Å². The third-order valence-corrected chi connectivity index (χ3v) is 4.48. The molecule has 0 bridgehead atoms. The molecule has 1 aromatic rings. The van der Waals surface area contributed by atoms with Crippen molar-refractivity contribution in [2.45, 2.75) is 45.2 Å². The third kappa shape index (κ3) is 3.26. The second kappa shape index (κ2) is 5.60. The van der Waals surface area contributed by atoms with Gasteiger partial charge in [-0.05, 0) is 31.2 Å². The Morgan fingerprint density at radius 3 is 2.88 bits per heavy atom. The molecule has 1 aliphatic carbocycles. The lowest BCUT2D eigenvalue weighted by molar-refractivity contribution is -0.380. The van der Waals surface area contributed by atoms with Gasteiger partial charge in [-0.15, -0.1) is 0 Å². The Bertz CT molecular complexity index is 386. The van der Waals surface area contributed by atoms with E-state index in [1.54, 1.807) is 6.07 Å². The normalized spacial score (nSPS) is 18.4. The van der Waals surface area contributed by atoms with Crippen LogP contribution in [0.2, 0.25) is 0 Å². The zero-order chi connectivity index (χ0) is 12.3. The van der Waals surface area contributed by atoms with Gasteiger partial charge in [-0.2, -0.15) is 0 Å². The highest BCUT2D eigenvalue weighted by Crippen LogP contribution is 2.28. The molecule has 1 N–H and O–H groups in total. The van der Waals surface area contributed by atoms with E-state index in [4.69, 9.17) is 0 Å². The lowest BCUT2D eigenvalue weighted by Gasteiger charge is -2.19. The van der Waals surface area contributed by atoms with Crippen molar-refractivity contribution >= 4 is 16.3 Å². The van der Waals surface area contributed by atoms with Gasteiger partial charge in [0.2, 0.25) is 0 Å². The summed E-state index contributed by atoms with van der Waals surface area (Å²) in [6, 6.07) is 2.18. The molecular formula is C12H18N2O2S. The molecule has 5 heteroatoms. The highest BCUT2D eigenvalue weighted by molar-refractivity contribution is 7.13. The molecule has 0 aliphatic heterocycles. The average Bonchev–Trinajstić information content (AvgIpc) is 2.97. The van der Waals surface area contributed by atoms with Crippen molar-refractivity contribution in [3.63, 3.8) is 0 Å². The van der Waals surface area contributed by atoms with Crippen LogP contribution < -0.4 is 5.32 Å². The Hall–Kier alpha value is -0.940. The first-order valence-electron chi connectivity index (χ1n) is 6.12. The van der Waals surface area contributed by atoms with Crippen LogP contribution in [0.25, 0.3) is 0 Å². The topological polar surface area (TPSA) is 55.2 Å². The summed E-state index contributed by atoms with van der Waals surface area (Å²) >= 11 is 1.20. The second-order valence-electron chi connectivity index (χ2n) is 4.76. The van der Waals surface area contributed by atoms with Crippen LogP contribution in [0.5, 0.6) is 0 Å². The van der Waals surface area contributed by atoms with Gasteiger partial charge in [-0.1, -0.05) is 24.2 Å². The van der Waals surface area contributed by atoms with Crippen LogP contribution in [0, 0.1) is 16.0 Å². The summed E-state index contributed by atoms with van der Waals surface area (Å²) in [4.78, 5) is 10.2. The fourth-order valence-electron chi connectivity index (χ4n) is 2.45. The number of nitrogens with zero attached hydrogens (tertiary/aromatic N) is 1. The zero-order valence-electron chi connectivity index (χ0n) is 10.0. The molecule has 0 spiro atoms. The molecule has 0 aromatic carbocycles. The molecule has 1 fully saturated rings. The van der Waals surface area contributed by atoms with Gasteiger partial charge in [0.15, 0.2) is 0 Å². The Balaban J connectivity index is 1.82. The number of nitro groups is 1. The Labute approximate surface area is 105 Å². The van der Waals surface area contributed by atoms with Gasteiger partial charge < -0.3 is 5.32 Å². The van der Waals surface area contributed by atoms with E-state index in [9.17, 15) is 10.1 Å². The van der Waals surface area contributed by atoms with E-state index in [0.717, 1.165) is 18.0 Å². The Morgan fingerprint density at radius 1 is 1.59 bits per heavy atom. The monoisotopic (exact) mass is 254 g/mol. The maximum absolute atomic E-state index is 10.6. The molecule has 2 rings (SSSR count). The molecule has 4 nitrogen and oxygen atoms in total. The largest absolute Gasteiger partial charge is 0.324 e. The van der Waals surface area contributed by atoms with E-state index in [0.29, 0.717) is 6.04 Å². The number of hydrogen-bond donors (Lipinski definition) is 1. The van der Waals surface area contributed by atoms with Crippen LogP contribution >= 0.6 is 11.3 Å². The van der Waals surface area contributed by atoms with Gasteiger partial charge in [0.25, 0.3) is 0 Å². The smallest absolute Gasteiger partial charge is 0.310 e. The fourth-order valence-corrected chi connectivity index (χ4v) is 3.18. The van der Waals surface area contributed by atoms with Gasteiger partial charge in [-0.3, -0.25) is 10.1 Å². The maximum atomic E-state index is 10.6. The third-order valence-electron chi connectivity index (χ3n) is 3.55. The maximum Gasteiger partial charge on any atom is 0.324 e. The molecule has 1 saturated carbocycles. The van der Waals surface area contributed by atoms with E-state index < -0.39 is 0 Å². The molecule has 0 radical (unpaired) electrons. The van der Waals surface area contributed by atoms with Crippen molar-refractivity contribution in [1.29, 1.82) is 0 Å². The van der Waals surface area contributed by atoms with Gasteiger partial charge in [0, 0.05) is 24.0 Å². The van der Waals surface area contributed by atoms with E-state index in [-0.39, 0.29) is 9.92 Å². The second-order valence-corrected chi connectivity index (χ2v) is 5.65. The lowest BCUT2D eigenvalue weighted by atomic mass is 10.00. The quantitative estimate of drug-likeness (QED) is 0.647. The van der Waals surface area contributed by atoms with Gasteiger partial charge in [0.05, 0.1) is 4.92 Å². The predicted octanol–water partition coefficient (Wildman–Crippen LogP) is 3.32. The first-order valence-corrected chi connectivity index (χ1v) is 7.00. The minimum atomic E-state index is -0.325. The van der Waals surface area contributed by atoms with Crippen molar-refractivity contribution < 1.29 is 4.92 Å². The molecule has 17 heavy (non-hydrogen) atoms. The molecule has 1 atom stereocenters. The van der Waals surface area contributed by atoms with Crippen molar-refractivity contribution in [2.75, 3.05) is 0 Å². The number of thiophene rings is 1. The highest BCUT2D eigenvalue weighted by atomic mass is 32.1. The van der Waals surface area contributed by atoms with Crippen LogP contribution in [0.1, 0.15) is 38.2 Å². The van der Waals surface area contributed by atoms with Crippen molar-refractivity contribution in [2.24, 2.45) is 5.92 Å². The van der Waals surface area contributed by atoms with Crippen molar-refractivity contribution in [3.05, 3.63) is 27.1 Å². The minimum absolute atomic E-state index is 0.232. The van der Waals surface area contributed by atoms with Gasteiger partial charge in [0.1, 0.15) is 0 Å². The standard InChI is InChI=1S/C12H18N2O2S/c1-9(11-4-2-3-5-11)13-7-10-6-12(14(15)16)17-8-10/h6,8-9,11,13H,2-5,7H2,1H3/t9-/m1/s1. The molecule has 94 valence electrons. The SMILES string of the molecule is C[C@@H](NCc1csc([N+](=O)[O-])c1)C1CCCC1. The van der Waals surface area contributed by atoms with E-state index >= 15 is 0 Å². The molecule has 1 aliphatic rings. The summed E-state index contributed by atoms with van der Waals surface area (Å²) in [7, 11) is 0. The highest BCUT2D eigenvalue weighted by Gasteiger charge is 2.21. The van der Waals surface area contributed by atoms with Crippen LogP contribution in [0.3, 0.4) is 0 Å². The first kappa shape index (κ1) is 12.5. The van der Waals surface area contributed by atoms with Crippen LogP contribution in [-0.2, 0) is 6.54 Å². The van der Waals surface area contributed by atoms with Crippen LogP contribution in [0.15, 0.2) is 11.4 Å². The summed E-state index contributed by atoms with van der Waals surface area (Å²) in [5.74, 6) is 0.781. The van der Waals surface area contributed by atoms with E-state index in [1.165, 1.54) is 37.0 Å². The number of rotatable bonds is 5. The molecule has 0 saturated heterocycles. The average molecular weight is 254 g/mol. The van der Waals surface area contributed by atoms with Gasteiger partial charge >= 0.3 is 5.00 Å². The van der Waals surface area contributed by atoms with Crippen molar-refractivity contribution in [3.8, 4) is 0 Å². The Kier molecular flexibility index (Phi) is 4.12.